The van der Waals surface area contributed by atoms with Gasteiger partial charge in [0.25, 0.3) is 0 Å². The van der Waals surface area contributed by atoms with Crippen LogP contribution in [0.3, 0.4) is 0 Å². The fourth-order valence-corrected chi connectivity index (χ4v) is 1.65. The van der Waals surface area contributed by atoms with E-state index in [0.717, 1.165) is 18.4 Å². The van der Waals surface area contributed by atoms with Gasteiger partial charge in [-0.3, -0.25) is 11.3 Å². The molecule has 0 amide bonds. The van der Waals surface area contributed by atoms with E-state index in [0.29, 0.717) is 0 Å². The first kappa shape index (κ1) is 13.1. The third-order valence-corrected chi connectivity index (χ3v) is 2.64. The Morgan fingerprint density at radius 3 is 2.56 bits per heavy atom. The van der Waals surface area contributed by atoms with E-state index in [4.69, 9.17) is 5.84 Å². The molecule has 1 aromatic rings. The average molecular weight is 224 g/mol. The third kappa shape index (κ3) is 4.29. The molecule has 1 unspecified atom stereocenters. The van der Waals surface area contributed by atoms with Crippen LogP contribution in [0.1, 0.15) is 45.2 Å². The monoisotopic (exact) mass is 224 g/mol. The molecule has 0 radical (unpaired) electrons. The Balaban J connectivity index is 2.68. The van der Waals surface area contributed by atoms with Crippen LogP contribution in [0.4, 0.5) is 4.39 Å². The van der Waals surface area contributed by atoms with Gasteiger partial charge in [0, 0.05) is 6.04 Å². The van der Waals surface area contributed by atoms with E-state index in [1.54, 1.807) is 6.07 Å². The van der Waals surface area contributed by atoms with E-state index in [-0.39, 0.29) is 17.3 Å². The second kappa shape index (κ2) is 5.41. The molecule has 1 atom stereocenters. The maximum Gasteiger partial charge on any atom is 0.123 e. The minimum absolute atomic E-state index is 0.0231. The Kier molecular flexibility index (Phi) is 4.44. The lowest BCUT2D eigenvalue weighted by Gasteiger charge is -2.23. The van der Waals surface area contributed by atoms with Gasteiger partial charge in [0.05, 0.1) is 0 Å². The van der Waals surface area contributed by atoms with Gasteiger partial charge >= 0.3 is 0 Å². The fourth-order valence-electron chi connectivity index (χ4n) is 1.65. The van der Waals surface area contributed by atoms with E-state index in [1.807, 2.05) is 6.07 Å². The molecule has 0 heterocycles. The first-order chi connectivity index (χ1) is 7.42. The van der Waals surface area contributed by atoms with Gasteiger partial charge < -0.3 is 0 Å². The number of hydrogen-bond donors (Lipinski definition) is 2. The average Bonchev–Trinajstić information content (AvgIpc) is 2.17. The summed E-state index contributed by atoms with van der Waals surface area (Å²) in [5.41, 5.74) is 3.93. The maximum atomic E-state index is 13.1. The van der Waals surface area contributed by atoms with Crippen LogP contribution in [0.2, 0.25) is 0 Å². The van der Waals surface area contributed by atoms with Crippen LogP contribution in [0.25, 0.3) is 0 Å². The molecule has 0 bridgehead atoms. The van der Waals surface area contributed by atoms with Crippen LogP contribution < -0.4 is 11.3 Å². The number of hydrazine groups is 1. The molecule has 3 heteroatoms. The number of halogens is 1. The van der Waals surface area contributed by atoms with Crippen molar-refractivity contribution in [1.29, 1.82) is 0 Å². The van der Waals surface area contributed by atoms with Crippen molar-refractivity contribution in [3.8, 4) is 0 Å². The minimum atomic E-state index is -0.214. The predicted molar refractivity (Wildman–Crippen MR) is 65.2 cm³/mol. The summed E-state index contributed by atoms with van der Waals surface area (Å²) in [5, 5.41) is 0. The van der Waals surface area contributed by atoms with Crippen molar-refractivity contribution in [2.45, 2.75) is 39.7 Å². The van der Waals surface area contributed by atoms with Crippen LogP contribution in [0.5, 0.6) is 0 Å². The van der Waals surface area contributed by atoms with Gasteiger partial charge in [-0.15, -0.1) is 0 Å². The van der Waals surface area contributed by atoms with Crippen molar-refractivity contribution in [3.05, 3.63) is 35.6 Å². The molecule has 0 spiro atoms. The van der Waals surface area contributed by atoms with E-state index >= 15 is 0 Å². The molecule has 0 saturated heterocycles. The van der Waals surface area contributed by atoms with E-state index in [2.05, 4.69) is 26.2 Å². The summed E-state index contributed by atoms with van der Waals surface area (Å²) in [6.45, 7) is 6.56. The minimum Gasteiger partial charge on any atom is -0.271 e. The van der Waals surface area contributed by atoms with Gasteiger partial charge in [-0.2, -0.15) is 0 Å². The molecule has 90 valence electrons. The van der Waals surface area contributed by atoms with Crippen molar-refractivity contribution in [3.63, 3.8) is 0 Å². The normalized spacial score (nSPS) is 13.8. The lowest BCUT2D eigenvalue weighted by Crippen LogP contribution is -2.29. The van der Waals surface area contributed by atoms with Gasteiger partial charge in [0.15, 0.2) is 0 Å². The molecule has 2 nitrogen and oxygen atoms in total. The van der Waals surface area contributed by atoms with Crippen LogP contribution >= 0.6 is 0 Å². The highest BCUT2D eigenvalue weighted by Crippen LogP contribution is 2.27. The summed E-state index contributed by atoms with van der Waals surface area (Å²) < 4.78 is 13.1. The lowest BCUT2D eigenvalue weighted by molar-refractivity contribution is 0.333. The Morgan fingerprint density at radius 1 is 1.38 bits per heavy atom. The van der Waals surface area contributed by atoms with E-state index in [1.165, 1.54) is 12.1 Å². The molecule has 0 aliphatic heterocycles. The zero-order chi connectivity index (χ0) is 12.2. The zero-order valence-corrected chi connectivity index (χ0v) is 10.3. The standard InChI is InChI=1S/C13H21FN2/c1-13(2,3)8-7-12(16-15)10-5-4-6-11(14)9-10/h4-6,9,12,16H,7-8,15H2,1-3H3. The van der Waals surface area contributed by atoms with Crippen molar-refractivity contribution in [2.75, 3.05) is 0 Å². The summed E-state index contributed by atoms with van der Waals surface area (Å²) in [6.07, 6.45) is 1.95. The number of nitrogens with two attached hydrogens (primary N) is 1. The molecule has 16 heavy (non-hydrogen) atoms. The molecule has 0 aliphatic carbocycles. The highest BCUT2D eigenvalue weighted by Gasteiger charge is 2.16. The molecular formula is C13H21FN2. The first-order valence-electron chi connectivity index (χ1n) is 5.64. The van der Waals surface area contributed by atoms with E-state index < -0.39 is 0 Å². The largest absolute Gasteiger partial charge is 0.271 e. The van der Waals surface area contributed by atoms with Crippen molar-refractivity contribution >= 4 is 0 Å². The Bertz CT molecular complexity index is 331. The van der Waals surface area contributed by atoms with Gasteiger partial charge in [0.2, 0.25) is 0 Å². The highest BCUT2D eigenvalue weighted by molar-refractivity contribution is 5.19. The van der Waals surface area contributed by atoms with Crippen molar-refractivity contribution < 1.29 is 4.39 Å². The SMILES string of the molecule is CC(C)(C)CCC(NN)c1cccc(F)c1. The lowest BCUT2D eigenvalue weighted by atomic mass is 9.87. The Hall–Kier alpha value is -0.930. The van der Waals surface area contributed by atoms with Crippen LogP contribution in [0, 0.1) is 11.2 Å². The molecule has 1 rings (SSSR count). The summed E-state index contributed by atoms with van der Waals surface area (Å²) >= 11 is 0. The van der Waals surface area contributed by atoms with Gasteiger partial charge in [-0.1, -0.05) is 32.9 Å². The smallest absolute Gasteiger partial charge is 0.123 e. The van der Waals surface area contributed by atoms with Gasteiger partial charge in [0.1, 0.15) is 5.82 Å². The zero-order valence-electron chi connectivity index (χ0n) is 10.3. The Labute approximate surface area is 97.0 Å². The first-order valence-corrected chi connectivity index (χ1v) is 5.64. The summed E-state index contributed by atoms with van der Waals surface area (Å²) in [7, 11) is 0. The molecular weight excluding hydrogens is 203 g/mol. The van der Waals surface area contributed by atoms with Crippen LogP contribution in [-0.4, -0.2) is 0 Å². The summed E-state index contributed by atoms with van der Waals surface area (Å²) in [5.74, 6) is 5.30. The topological polar surface area (TPSA) is 38.0 Å². The number of rotatable bonds is 4. The molecule has 0 aliphatic rings. The molecule has 1 aromatic carbocycles. The van der Waals surface area contributed by atoms with Crippen molar-refractivity contribution in [1.82, 2.24) is 5.43 Å². The second-order valence-corrected chi connectivity index (χ2v) is 5.37. The predicted octanol–water partition coefficient (Wildman–Crippen LogP) is 3.16. The number of hydrogen-bond acceptors (Lipinski definition) is 2. The third-order valence-electron chi connectivity index (χ3n) is 2.64. The molecule has 0 aromatic heterocycles. The van der Waals surface area contributed by atoms with Gasteiger partial charge in [-0.05, 0) is 36.0 Å². The number of benzene rings is 1. The maximum absolute atomic E-state index is 13.1. The summed E-state index contributed by atoms with van der Waals surface area (Å²) in [6, 6.07) is 6.62. The Morgan fingerprint density at radius 2 is 2.06 bits per heavy atom. The van der Waals surface area contributed by atoms with Crippen LogP contribution in [-0.2, 0) is 0 Å². The summed E-state index contributed by atoms with van der Waals surface area (Å²) in [4.78, 5) is 0. The fraction of sp³-hybridized carbons (Fsp3) is 0.538. The van der Waals surface area contributed by atoms with Crippen molar-refractivity contribution in [2.24, 2.45) is 11.3 Å². The second-order valence-electron chi connectivity index (χ2n) is 5.37. The molecule has 0 saturated carbocycles. The quantitative estimate of drug-likeness (QED) is 0.609. The highest BCUT2D eigenvalue weighted by atomic mass is 19.1. The van der Waals surface area contributed by atoms with E-state index in [9.17, 15) is 4.39 Å². The van der Waals surface area contributed by atoms with Crippen LogP contribution in [0.15, 0.2) is 24.3 Å². The molecule has 3 N–H and O–H groups in total. The number of nitrogens with one attached hydrogen (secondary N) is 1. The molecule has 0 fully saturated rings. The van der Waals surface area contributed by atoms with Gasteiger partial charge in [-0.25, -0.2) is 4.39 Å².